The van der Waals surface area contributed by atoms with Crippen LogP contribution in [0.15, 0.2) is 12.1 Å². The molecule has 1 rings (SSSR count). The number of hydrogen-bond donors (Lipinski definition) is 1. The Balaban J connectivity index is 2.84. The fourth-order valence-corrected chi connectivity index (χ4v) is 2.91. The number of hydrogen-bond acceptors (Lipinski definition) is 3. The van der Waals surface area contributed by atoms with Gasteiger partial charge in [-0.2, -0.15) is 0 Å². The fourth-order valence-electron chi connectivity index (χ4n) is 1.65. The van der Waals surface area contributed by atoms with Crippen molar-refractivity contribution in [2.24, 2.45) is 11.1 Å². The van der Waals surface area contributed by atoms with E-state index < -0.39 is 0 Å². The van der Waals surface area contributed by atoms with Gasteiger partial charge >= 0.3 is 0 Å². The van der Waals surface area contributed by atoms with E-state index in [9.17, 15) is 0 Å². The maximum Gasteiger partial charge on any atom is 0.0931 e. The summed E-state index contributed by atoms with van der Waals surface area (Å²) < 4.78 is 0.854. The normalized spacial score (nSPS) is 14.4. The summed E-state index contributed by atoms with van der Waals surface area (Å²) in [6, 6.07) is 4.48. The lowest BCUT2D eigenvalue weighted by atomic mass is 9.85. The number of nitrogens with two attached hydrogens (primary N) is 1. The highest BCUT2D eigenvalue weighted by Gasteiger charge is 2.25. The van der Waals surface area contributed by atoms with Gasteiger partial charge in [0.15, 0.2) is 0 Å². The Kier molecular flexibility index (Phi) is 4.80. The molecule has 0 radical (unpaired) electrons. The molecule has 1 atom stereocenters. The van der Waals surface area contributed by atoms with Gasteiger partial charge in [-0.15, -0.1) is 11.3 Å². The molecule has 0 aliphatic rings. The second-order valence-electron chi connectivity index (χ2n) is 5.19. The lowest BCUT2D eigenvalue weighted by molar-refractivity contribution is 0.205. The van der Waals surface area contributed by atoms with E-state index in [1.54, 1.807) is 11.3 Å². The molecule has 0 saturated carbocycles. The van der Waals surface area contributed by atoms with Gasteiger partial charge in [-0.05, 0) is 44.6 Å². The molecule has 2 N–H and O–H groups in total. The molecule has 4 heteroatoms. The van der Waals surface area contributed by atoms with Gasteiger partial charge in [-0.25, -0.2) is 0 Å². The van der Waals surface area contributed by atoms with Gasteiger partial charge in [0, 0.05) is 10.9 Å². The van der Waals surface area contributed by atoms with Crippen LogP contribution in [0.2, 0.25) is 4.34 Å². The highest BCUT2D eigenvalue weighted by atomic mass is 35.5. The molecule has 1 aromatic heterocycles. The summed E-state index contributed by atoms with van der Waals surface area (Å²) in [5, 5.41) is 0. The second-order valence-corrected chi connectivity index (χ2v) is 6.94. The predicted octanol–water partition coefficient (Wildman–Crippen LogP) is 3.38. The molecule has 0 saturated heterocycles. The number of nitrogens with zero attached hydrogens (tertiary/aromatic N) is 1. The molecule has 0 bridgehead atoms. The standard InChI is InChI=1S/C12H21ClN2S/c1-12(2,8-14)7-9(15(3)4)10-5-6-11(13)16-10/h5-6,9H,7-8,14H2,1-4H3. The molecule has 16 heavy (non-hydrogen) atoms. The van der Waals surface area contributed by atoms with Crippen LogP contribution in [0.4, 0.5) is 0 Å². The van der Waals surface area contributed by atoms with Crippen molar-refractivity contribution in [1.82, 2.24) is 4.90 Å². The Morgan fingerprint density at radius 1 is 1.44 bits per heavy atom. The molecule has 0 fully saturated rings. The SMILES string of the molecule is CN(C)C(CC(C)(C)CN)c1ccc(Cl)s1. The van der Waals surface area contributed by atoms with Gasteiger partial charge in [-0.1, -0.05) is 25.4 Å². The monoisotopic (exact) mass is 260 g/mol. The largest absolute Gasteiger partial charge is 0.330 e. The highest BCUT2D eigenvalue weighted by molar-refractivity contribution is 7.16. The summed E-state index contributed by atoms with van der Waals surface area (Å²) in [6.07, 6.45) is 1.05. The van der Waals surface area contributed by atoms with Crippen molar-refractivity contribution in [2.45, 2.75) is 26.3 Å². The second kappa shape index (κ2) is 5.50. The maximum atomic E-state index is 5.99. The van der Waals surface area contributed by atoms with Crippen LogP contribution >= 0.6 is 22.9 Å². The van der Waals surface area contributed by atoms with Crippen LogP contribution in [0.3, 0.4) is 0 Å². The van der Waals surface area contributed by atoms with E-state index in [1.807, 2.05) is 6.07 Å². The van der Waals surface area contributed by atoms with E-state index in [0.29, 0.717) is 12.6 Å². The van der Waals surface area contributed by atoms with Crippen LogP contribution in [0.25, 0.3) is 0 Å². The van der Waals surface area contributed by atoms with Crippen LogP contribution in [0.5, 0.6) is 0 Å². The van der Waals surface area contributed by atoms with Gasteiger partial charge in [-0.3, -0.25) is 0 Å². The minimum absolute atomic E-state index is 0.158. The average Bonchev–Trinajstić information content (AvgIpc) is 2.61. The molecule has 1 aromatic rings. The molecule has 92 valence electrons. The molecule has 0 aliphatic carbocycles. The first-order valence-corrected chi connectivity index (χ1v) is 6.67. The molecule has 0 aliphatic heterocycles. The Morgan fingerprint density at radius 3 is 2.44 bits per heavy atom. The van der Waals surface area contributed by atoms with Gasteiger partial charge < -0.3 is 10.6 Å². The smallest absolute Gasteiger partial charge is 0.0931 e. The van der Waals surface area contributed by atoms with Crippen molar-refractivity contribution in [3.63, 3.8) is 0 Å². The summed E-state index contributed by atoms with van der Waals surface area (Å²) in [6.45, 7) is 5.12. The van der Waals surface area contributed by atoms with Crippen LogP contribution in [-0.4, -0.2) is 25.5 Å². The summed E-state index contributed by atoms with van der Waals surface area (Å²) >= 11 is 7.65. The van der Waals surface area contributed by atoms with Crippen molar-refractivity contribution in [3.8, 4) is 0 Å². The molecule has 0 amide bonds. The highest BCUT2D eigenvalue weighted by Crippen LogP contribution is 2.36. The molecule has 0 aromatic carbocycles. The third kappa shape index (κ3) is 3.74. The Morgan fingerprint density at radius 2 is 2.06 bits per heavy atom. The van der Waals surface area contributed by atoms with Crippen molar-refractivity contribution >= 4 is 22.9 Å². The van der Waals surface area contributed by atoms with Gasteiger partial charge in [0.25, 0.3) is 0 Å². The molecule has 0 spiro atoms. The topological polar surface area (TPSA) is 29.3 Å². The Bertz CT molecular complexity index is 334. The minimum atomic E-state index is 0.158. The predicted molar refractivity (Wildman–Crippen MR) is 73.2 cm³/mol. The number of rotatable bonds is 5. The zero-order valence-electron chi connectivity index (χ0n) is 10.5. The van der Waals surface area contributed by atoms with Crippen LogP contribution in [-0.2, 0) is 0 Å². The van der Waals surface area contributed by atoms with E-state index in [-0.39, 0.29) is 5.41 Å². The van der Waals surface area contributed by atoms with Gasteiger partial charge in [0.1, 0.15) is 0 Å². The first-order chi connectivity index (χ1) is 7.35. The summed E-state index contributed by atoms with van der Waals surface area (Å²) in [5.41, 5.74) is 5.95. The van der Waals surface area contributed by atoms with Crippen molar-refractivity contribution < 1.29 is 0 Å². The van der Waals surface area contributed by atoms with Crippen LogP contribution in [0, 0.1) is 5.41 Å². The molecular formula is C12H21ClN2S. The van der Waals surface area contributed by atoms with Crippen LogP contribution in [0.1, 0.15) is 31.2 Å². The van der Waals surface area contributed by atoms with Crippen molar-refractivity contribution in [3.05, 3.63) is 21.3 Å². The molecule has 1 heterocycles. The van der Waals surface area contributed by atoms with E-state index in [2.05, 4.69) is 38.9 Å². The first-order valence-electron chi connectivity index (χ1n) is 5.47. The number of halogens is 1. The van der Waals surface area contributed by atoms with E-state index >= 15 is 0 Å². The van der Waals surface area contributed by atoms with E-state index in [0.717, 1.165) is 10.8 Å². The average molecular weight is 261 g/mol. The van der Waals surface area contributed by atoms with Crippen molar-refractivity contribution in [1.29, 1.82) is 0 Å². The fraction of sp³-hybridized carbons (Fsp3) is 0.667. The maximum absolute atomic E-state index is 5.99. The third-order valence-electron chi connectivity index (χ3n) is 2.84. The zero-order chi connectivity index (χ0) is 12.3. The van der Waals surface area contributed by atoms with Crippen LogP contribution < -0.4 is 5.73 Å². The molecular weight excluding hydrogens is 240 g/mol. The molecule has 1 unspecified atom stereocenters. The molecule has 2 nitrogen and oxygen atoms in total. The van der Waals surface area contributed by atoms with E-state index in [1.165, 1.54) is 4.88 Å². The number of thiophene rings is 1. The quantitative estimate of drug-likeness (QED) is 0.880. The Labute approximate surface area is 107 Å². The zero-order valence-corrected chi connectivity index (χ0v) is 12.0. The third-order valence-corrected chi connectivity index (χ3v) is 4.18. The minimum Gasteiger partial charge on any atom is -0.330 e. The summed E-state index contributed by atoms with van der Waals surface area (Å²) in [5.74, 6) is 0. The lowest BCUT2D eigenvalue weighted by Crippen LogP contribution is -2.30. The first kappa shape index (κ1) is 14.0. The lowest BCUT2D eigenvalue weighted by Gasteiger charge is -2.32. The van der Waals surface area contributed by atoms with Gasteiger partial charge in [0.05, 0.1) is 4.34 Å². The summed E-state index contributed by atoms with van der Waals surface area (Å²) in [4.78, 5) is 3.55. The van der Waals surface area contributed by atoms with E-state index in [4.69, 9.17) is 17.3 Å². The summed E-state index contributed by atoms with van der Waals surface area (Å²) in [7, 11) is 4.20. The van der Waals surface area contributed by atoms with Crippen molar-refractivity contribution in [2.75, 3.05) is 20.6 Å². The van der Waals surface area contributed by atoms with Gasteiger partial charge in [0.2, 0.25) is 0 Å². The Hall–Kier alpha value is -0.0900.